The van der Waals surface area contributed by atoms with E-state index in [0.29, 0.717) is 26.1 Å². The van der Waals surface area contributed by atoms with Gasteiger partial charge in [0.05, 0.1) is 11.6 Å². The van der Waals surface area contributed by atoms with Crippen molar-refractivity contribution in [1.29, 1.82) is 0 Å². The summed E-state index contributed by atoms with van der Waals surface area (Å²) in [5, 5.41) is 9.14. The highest BCUT2D eigenvalue weighted by atomic mass is 79.9. The van der Waals surface area contributed by atoms with Crippen molar-refractivity contribution in [3.8, 4) is 5.75 Å². The Labute approximate surface area is 149 Å². The highest BCUT2D eigenvalue weighted by molar-refractivity contribution is 9.10. The van der Waals surface area contributed by atoms with Gasteiger partial charge in [-0.2, -0.15) is 0 Å². The van der Waals surface area contributed by atoms with E-state index in [1.807, 2.05) is 36.4 Å². The van der Waals surface area contributed by atoms with Crippen LogP contribution in [0.1, 0.15) is 17.7 Å². The van der Waals surface area contributed by atoms with Crippen LogP contribution in [0.25, 0.3) is 0 Å². The highest BCUT2D eigenvalue weighted by Crippen LogP contribution is 2.27. The van der Waals surface area contributed by atoms with Crippen LogP contribution in [0.2, 0.25) is 0 Å². The first-order chi connectivity index (χ1) is 11.6. The summed E-state index contributed by atoms with van der Waals surface area (Å²) in [4.78, 5) is 17.5. The van der Waals surface area contributed by atoms with Crippen LogP contribution in [0.15, 0.2) is 47.1 Å². The van der Waals surface area contributed by atoms with Gasteiger partial charge in [0.25, 0.3) is 0 Å². The SMILES string of the molecule is O=C(O)C1CCN(Cc2cc(Br)ccc2OCc2ccccn2)C1. The standard InChI is InChI=1S/C18H19BrN2O3/c19-15-4-5-17(24-12-16-3-1-2-7-20-16)14(9-15)11-21-8-6-13(10-21)18(22)23/h1-5,7,9,13H,6,8,10-12H2,(H,22,23). The van der Waals surface area contributed by atoms with Gasteiger partial charge in [-0.05, 0) is 43.3 Å². The van der Waals surface area contributed by atoms with Crippen LogP contribution in [0.3, 0.4) is 0 Å². The largest absolute Gasteiger partial charge is 0.487 e. The minimum Gasteiger partial charge on any atom is -0.487 e. The normalized spacial score (nSPS) is 17.8. The molecule has 1 fully saturated rings. The van der Waals surface area contributed by atoms with E-state index in [1.54, 1.807) is 6.20 Å². The smallest absolute Gasteiger partial charge is 0.307 e. The Morgan fingerprint density at radius 3 is 2.96 bits per heavy atom. The van der Waals surface area contributed by atoms with Crippen LogP contribution in [0, 0.1) is 5.92 Å². The first-order valence-corrected chi connectivity index (χ1v) is 8.67. The number of carboxylic acid groups (broad SMARTS) is 1. The molecule has 0 bridgehead atoms. The number of rotatable bonds is 6. The van der Waals surface area contributed by atoms with E-state index in [4.69, 9.17) is 9.84 Å². The monoisotopic (exact) mass is 390 g/mol. The fraction of sp³-hybridized carbons (Fsp3) is 0.333. The first kappa shape index (κ1) is 16.9. The number of benzene rings is 1. The number of carbonyl (C=O) groups is 1. The molecule has 1 saturated heterocycles. The van der Waals surface area contributed by atoms with Gasteiger partial charge in [-0.25, -0.2) is 0 Å². The maximum absolute atomic E-state index is 11.1. The fourth-order valence-corrected chi connectivity index (χ4v) is 3.27. The molecule has 5 nitrogen and oxygen atoms in total. The number of ether oxygens (including phenoxy) is 1. The van der Waals surface area contributed by atoms with Crippen LogP contribution in [0.5, 0.6) is 5.75 Å². The van der Waals surface area contributed by atoms with Crippen molar-refractivity contribution >= 4 is 21.9 Å². The molecular weight excluding hydrogens is 372 g/mol. The summed E-state index contributed by atoms with van der Waals surface area (Å²) in [5.41, 5.74) is 1.92. The van der Waals surface area contributed by atoms with Crippen LogP contribution in [-0.4, -0.2) is 34.0 Å². The second-order valence-corrected chi connectivity index (χ2v) is 6.84. The Kier molecular flexibility index (Phi) is 5.48. The number of pyridine rings is 1. The molecule has 1 aliphatic rings. The zero-order valence-electron chi connectivity index (χ0n) is 13.2. The molecule has 0 spiro atoms. The van der Waals surface area contributed by atoms with Gasteiger partial charge >= 0.3 is 5.97 Å². The van der Waals surface area contributed by atoms with Gasteiger partial charge in [0, 0.05) is 29.3 Å². The molecule has 3 rings (SSSR count). The molecule has 1 aliphatic heterocycles. The predicted molar refractivity (Wildman–Crippen MR) is 93.7 cm³/mol. The molecule has 0 saturated carbocycles. The van der Waals surface area contributed by atoms with E-state index in [9.17, 15) is 4.79 Å². The third-order valence-electron chi connectivity index (χ3n) is 4.14. The van der Waals surface area contributed by atoms with Gasteiger partial charge in [0.1, 0.15) is 12.4 Å². The Bertz CT molecular complexity index is 709. The van der Waals surface area contributed by atoms with Crippen molar-refractivity contribution in [2.45, 2.75) is 19.6 Å². The quantitative estimate of drug-likeness (QED) is 0.819. The number of hydrogen-bond donors (Lipinski definition) is 1. The van der Waals surface area contributed by atoms with Crippen molar-refractivity contribution in [3.63, 3.8) is 0 Å². The Morgan fingerprint density at radius 2 is 2.25 bits per heavy atom. The second kappa shape index (κ2) is 7.77. The van der Waals surface area contributed by atoms with E-state index in [2.05, 4.69) is 25.8 Å². The summed E-state index contributed by atoms with van der Waals surface area (Å²) < 4.78 is 6.92. The van der Waals surface area contributed by atoms with Gasteiger partial charge in [-0.3, -0.25) is 14.7 Å². The summed E-state index contributed by atoms with van der Waals surface area (Å²) in [6, 6.07) is 11.7. The lowest BCUT2D eigenvalue weighted by Crippen LogP contribution is -2.23. The van der Waals surface area contributed by atoms with Crippen LogP contribution in [0.4, 0.5) is 0 Å². The van der Waals surface area contributed by atoms with Crippen molar-refractivity contribution in [3.05, 3.63) is 58.3 Å². The molecule has 1 aromatic carbocycles. The van der Waals surface area contributed by atoms with Gasteiger partial charge in [-0.15, -0.1) is 0 Å². The van der Waals surface area contributed by atoms with Gasteiger partial charge < -0.3 is 9.84 Å². The average Bonchev–Trinajstić information content (AvgIpc) is 3.04. The van der Waals surface area contributed by atoms with E-state index in [0.717, 1.165) is 28.0 Å². The van der Waals surface area contributed by atoms with E-state index in [1.165, 1.54) is 0 Å². The molecule has 0 amide bonds. The number of carboxylic acids is 1. The zero-order valence-corrected chi connectivity index (χ0v) is 14.8. The molecule has 1 N–H and O–H groups in total. The van der Waals surface area contributed by atoms with E-state index >= 15 is 0 Å². The summed E-state index contributed by atoms with van der Waals surface area (Å²) in [5.74, 6) is -0.170. The Hall–Kier alpha value is -1.92. The van der Waals surface area contributed by atoms with Crippen molar-refractivity contribution in [2.75, 3.05) is 13.1 Å². The van der Waals surface area contributed by atoms with Gasteiger partial charge in [-0.1, -0.05) is 22.0 Å². The number of aromatic nitrogens is 1. The number of aliphatic carboxylic acids is 1. The maximum atomic E-state index is 11.1. The molecule has 1 atom stereocenters. The molecule has 6 heteroatoms. The minimum absolute atomic E-state index is 0.268. The summed E-state index contributed by atoms with van der Waals surface area (Å²) in [6.45, 7) is 2.47. The molecule has 0 aliphatic carbocycles. The first-order valence-electron chi connectivity index (χ1n) is 7.88. The van der Waals surface area contributed by atoms with Gasteiger partial charge in [0.2, 0.25) is 0 Å². The fourth-order valence-electron chi connectivity index (χ4n) is 2.87. The van der Waals surface area contributed by atoms with Crippen LogP contribution >= 0.6 is 15.9 Å². The number of likely N-dealkylation sites (tertiary alicyclic amines) is 1. The average molecular weight is 391 g/mol. The van der Waals surface area contributed by atoms with Crippen molar-refractivity contribution in [1.82, 2.24) is 9.88 Å². The summed E-state index contributed by atoms with van der Waals surface area (Å²) >= 11 is 3.50. The lowest BCUT2D eigenvalue weighted by Gasteiger charge is -2.18. The lowest BCUT2D eigenvalue weighted by molar-refractivity contribution is -0.141. The predicted octanol–water partition coefficient (Wildman–Crippen LogP) is 3.33. The summed E-state index contributed by atoms with van der Waals surface area (Å²) in [6.07, 6.45) is 2.45. The Balaban J connectivity index is 1.68. The third-order valence-corrected chi connectivity index (χ3v) is 4.63. The second-order valence-electron chi connectivity index (χ2n) is 5.92. The topological polar surface area (TPSA) is 62.7 Å². The molecule has 2 heterocycles. The summed E-state index contributed by atoms with van der Waals surface area (Å²) in [7, 11) is 0. The van der Waals surface area contributed by atoms with Crippen molar-refractivity contribution in [2.24, 2.45) is 5.92 Å². The number of nitrogens with zero attached hydrogens (tertiary/aromatic N) is 2. The maximum Gasteiger partial charge on any atom is 0.307 e. The third kappa shape index (κ3) is 4.33. The van der Waals surface area contributed by atoms with E-state index < -0.39 is 5.97 Å². The molecule has 126 valence electrons. The number of hydrogen-bond acceptors (Lipinski definition) is 4. The van der Waals surface area contributed by atoms with Crippen molar-refractivity contribution < 1.29 is 14.6 Å². The lowest BCUT2D eigenvalue weighted by atomic mass is 10.1. The number of halogens is 1. The van der Waals surface area contributed by atoms with Crippen LogP contribution < -0.4 is 4.74 Å². The minimum atomic E-state index is -0.710. The molecule has 0 radical (unpaired) electrons. The molecular formula is C18H19BrN2O3. The molecule has 1 unspecified atom stereocenters. The Morgan fingerprint density at radius 1 is 1.38 bits per heavy atom. The highest BCUT2D eigenvalue weighted by Gasteiger charge is 2.28. The molecule has 1 aromatic heterocycles. The zero-order chi connectivity index (χ0) is 16.9. The van der Waals surface area contributed by atoms with Gasteiger partial charge in [0.15, 0.2) is 0 Å². The molecule has 24 heavy (non-hydrogen) atoms. The van der Waals surface area contributed by atoms with E-state index in [-0.39, 0.29) is 5.92 Å². The van der Waals surface area contributed by atoms with Crippen LogP contribution in [-0.2, 0) is 17.9 Å². The molecule has 2 aromatic rings.